The molecule has 1 atom stereocenters. The molecule has 0 heterocycles. The zero-order valence-electron chi connectivity index (χ0n) is 9.64. The molecule has 0 radical (unpaired) electrons. The quantitative estimate of drug-likeness (QED) is 0.821. The van der Waals surface area contributed by atoms with Crippen molar-refractivity contribution < 1.29 is 17.9 Å². The molecule has 0 bridgehead atoms. The van der Waals surface area contributed by atoms with E-state index in [-0.39, 0.29) is 11.8 Å². The van der Waals surface area contributed by atoms with Crippen LogP contribution in [0.25, 0.3) is 0 Å². The number of hydrogen-bond acceptors (Lipinski definition) is 2. The molecule has 1 N–H and O–H groups in total. The number of rotatable bonds is 4. The Bertz CT molecular complexity index is 401. The predicted molar refractivity (Wildman–Crippen MR) is 59.7 cm³/mol. The largest absolute Gasteiger partial charge is 0.573 e. The number of nitrogens with one attached hydrogen (secondary N) is 1. The number of hydrogen-bond donors (Lipinski definition) is 1. The minimum Gasteiger partial charge on any atom is -0.406 e. The summed E-state index contributed by atoms with van der Waals surface area (Å²) in [7, 11) is 1.72. The van der Waals surface area contributed by atoms with E-state index in [1.54, 1.807) is 20.0 Å². The average molecular weight is 245 g/mol. The molecule has 0 aliphatic rings. The SMILES string of the molecule is C=C(C)C(NC)c1cccc(OC(F)(F)F)c1. The van der Waals surface area contributed by atoms with Crippen LogP contribution in [0, 0.1) is 0 Å². The Morgan fingerprint density at radius 3 is 2.53 bits per heavy atom. The molecule has 0 spiro atoms. The van der Waals surface area contributed by atoms with Crippen molar-refractivity contribution in [2.24, 2.45) is 0 Å². The summed E-state index contributed by atoms with van der Waals surface area (Å²) < 4.78 is 40.0. The Labute approximate surface area is 98.1 Å². The van der Waals surface area contributed by atoms with E-state index in [1.165, 1.54) is 18.2 Å². The molecule has 94 valence electrons. The average Bonchev–Trinajstić information content (AvgIpc) is 2.15. The Morgan fingerprint density at radius 1 is 1.41 bits per heavy atom. The van der Waals surface area contributed by atoms with E-state index in [1.807, 2.05) is 0 Å². The second-order valence-corrected chi connectivity index (χ2v) is 3.69. The van der Waals surface area contributed by atoms with E-state index in [9.17, 15) is 13.2 Å². The van der Waals surface area contributed by atoms with Gasteiger partial charge in [-0.05, 0) is 31.7 Å². The van der Waals surface area contributed by atoms with Gasteiger partial charge < -0.3 is 10.1 Å². The number of ether oxygens (including phenoxy) is 1. The van der Waals surface area contributed by atoms with Gasteiger partial charge in [0.1, 0.15) is 5.75 Å². The smallest absolute Gasteiger partial charge is 0.406 e. The van der Waals surface area contributed by atoms with Gasteiger partial charge in [0, 0.05) is 0 Å². The van der Waals surface area contributed by atoms with Gasteiger partial charge in [0.2, 0.25) is 0 Å². The summed E-state index contributed by atoms with van der Waals surface area (Å²) in [4.78, 5) is 0. The van der Waals surface area contributed by atoms with Gasteiger partial charge in [0.05, 0.1) is 6.04 Å². The second-order valence-electron chi connectivity index (χ2n) is 3.69. The lowest BCUT2D eigenvalue weighted by atomic mass is 10.0. The Kier molecular flexibility index (Phi) is 4.17. The maximum atomic E-state index is 12.1. The van der Waals surface area contributed by atoms with Crippen LogP contribution in [0.3, 0.4) is 0 Å². The Balaban J connectivity index is 2.96. The van der Waals surface area contributed by atoms with E-state index < -0.39 is 6.36 Å². The fraction of sp³-hybridized carbons (Fsp3) is 0.333. The van der Waals surface area contributed by atoms with E-state index in [4.69, 9.17) is 0 Å². The first kappa shape index (κ1) is 13.6. The van der Waals surface area contributed by atoms with Crippen LogP contribution in [0.4, 0.5) is 13.2 Å². The van der Waals surface area contributed by atoms with Crippen LogP contribution in [0.2, 0.25) is 0 Å². The third kappa shape index (κ3) is 4.11. The summed E-state index contributed by atoms with van der Waals surface area (Å²) in [5.74, 6) is -0.225. The Morgan fingerprint density at radius 2 is 2.06 bits per heavy atom. The molecule has 0 amide bonds. The van der Waals surface area contributed by atoms with Crippen molar-refractivity contribution in [1.29, 1.82) is 0 Å². The summed E-state index contributed by atoms with van der Waals surface area (Å²) in [6.45, 7) is 5.59. The van der Waals surface area contributed by atoms with E-state index in [0.717, 1.165) is 5.57 Å². The summed E-state index contributed by atoms with van der Waals surface area (Å²) >= 11 is 0. The molecule has 1 unspecified atom stereocenters. The van der Waals surface area contributed by atoms with E-state index >= 15 is 0 Å². The van der Waals surface area contributed by atoms with Crippen molar-refractivity contribution >= 4 is 0 Å². The number of alkyl halides is 3. The van der Waals surface area contributed by atoms with Crippen LogP contribution in [0.15, 0.2) is 36.4 Å². The monoisotopic (exact) mass is 245 g/mol. The molecular formula is C12H14F3NO. The molecule has 5 heteroatoms. The topological polar surface area (TPSA) is 21.3 Å². The first-order valence-corrected chi connectivity index (χ1v) is 5.02. The van der Waals surface area contributed by atoms with Gasteiger partial charge in [-0.3, -0.25) is 0 Å². The Hall–Kier alpha value is -1.49. The van der Waals surface area contributed by atoms with E-state index in [2.05, 4.69) is 16.6 Å². The molecule has 0 aliphatic heterocycles. The van der Waals surface area contributed by atoms with Crippen LogP contribution in [-0.4, -0.2) is 13.4 Å². The normalized spacial score (nSPS) is 13.2. The van der Waals surface area contributed by atoms with Crippen LogP contribution in [0.1, 0.15) is 18.5 Å². The van der Waals surface area contributed by atoms with Crippen molar-refractivity contribution in [3.63, 3.8) is 0 Å². The van der Waals surface area contributed by atoms with Gasteiger partial charge in [0.25, 0.3) is 0 Å². The van der Waals surface area contributed by atoms with E-state index in [0.29, 0.717) is 5.56 Å². The van der Waals surface area contributed by atoms with Crippen LogP contribution >= 0.6 is 0 Å². The number of halogens is 3. The third-order valence-corrected chi connectivity index (χ3v) is 2.21. The fourth-order valence-corrected chi connectivity index (χ4v) is 1.59. The highest BCUT2D eigenvalue weighted by molar-refractivity contribution is 5.34. The fourth-order valence-electron chi connectivity index (χ4n) is 1.59. The molecule has 0 aromatic heterocycles. The molecule has 2 nitrogen and oxygen atoms in total. The third-order valence-electron chi connectivity index (χ3n) is 2.21. The second kappa shape index (κ2) is 5.23. The summed E-state index contributed by atoms with van der Waals surface area (Å²) in [5, 5.41) is 2.97. The van der Waals surface area contributed by atoms with Gasteiger partial charge in [-0.25, -0.2) is 0 Å². The molecule has 0 aliphatic carbocycles. The minimum atomic E-state index is -4.67. The highest BCUT2D eigenvalue weighted by atomic mass is 19.4. The lowest BCUT2D eigenvalue weighted by molar-refractivity contribution is -0.274. The van der Waals surface area contributed by atoms with Crippen LogP contribution in [0.5, 0.6) is 5.75 Å². The van der Waals surface area contributed by atoms with Gasteiger partial charge >= 0.3 is 6.36 Å². The standard InChI is InChI=1S/C12H14F3NO/c1-8(2)11(16-3)9-5-4-6-10(7-9)17-12(13,14)15/h4-7,11,16H,1H2,2-3H3. The molecule has 0 saturated carbocycles. The highest BCUT2D eigenvalue weighted by Crippen LogP contribution is 2.27. The first-order chi connectivity index (χ1) is 7.83. The molecule has 17 heavy (non-hydrogen) atoms. The maximum Gasteiger partial charge on any atom is 0.573 e. The lowest BCUT2D eigenvalue weighted by Crippen LogP contribution is -2.19. The zero-order valence-corrected chi connectivity index (χ0v) is 9.64. The van der Waals surface area contributed by atoms with Crippen LogP contribution in [-0.2, 0) is 0 Å². The summed E-state index contributed by atoms with van der Waals surface area (Å²) in [6, 6.07) is 5.67. The maximum absolute atomic E-state index is 12.1. The van der Waals surface area contributed by atoms with Crippen LogP contribution < -0.4 is 10.1 Å². The molecule has 1 rings (SSSR count). The van der Waals surface area contributed by atoms with Gasteiger partial charge in [-0.15, -0.1) is 13.2 Å². The lowest BCUT2D eigenvalue weighted by Gasteiger charge is -2.18. The number of likely N-dealkylation sites (N-methyl/N-ethyl adjacent to an activating group) is 1. The molecule has 0 fully saturated rings. The minimum absolute atomic E-state index is 0.188. The summed E-state index contributed by atoms with van der Waals surface area (Å²) in [6.07, 6.45) is -4.67. The van der Waals surface area contributed by atoms with Crippen molar-refractivity contribution in [3.05, 3.63) is 42.0 Å². The van der Waals surface area contributed by atoms with Gasteiger partial charge in [0.15, 0.2) is 0 Å². The molecule has 1 aromatic rings. The molecule has 1 aromatic carbocycles. The van der Waals surface area contributed by atoms with Crippen molar-refractivity contribution in [2.45, 2.75) is 19.3 Å². The highest BCUT2D eigenvalue weighted by Gasteiger charge is 2.31. The van der Waals surface area contributed by atoms with Gasteiger partial charge in [-0.2, -0.15) is 0 Å². The molecular weight excluding hydrogens is 231 g/mol. The number of benzene rings is 1. The van der Waals surface area contributed by atoms with Crippen molar-refractivity contribution in [2.75, 3.05) is 7.05 Å². The first-order valence-electron chi connectivity index (χ1n) is 5.02. The predicted octanol–water partition coefficient (Wildman–Crippen LogP) is 3.42. The van der Waals surface area contributed by atoms with Crippen molar-refractivity contribution in [1.82, 2.24) is 5.32 Å². The van der Waals surface area contributed by atoms with Gasteiger partial charge in [-0.1, -0.05) is 24.3 Å². The molecule has 0 saturated heterocycles. The summed E-state index contributed by atoms with van der Waals surface area (Å²) in [5.41, 5.74) is 1.50. The van der Waals surface area contributed by atoms with Crippen molar-refractivity contribution in [3.8, 4) is 5.75 Å². The zero-order chi connectivity index (χ0) is 13.1.